The zero-order valence-corrected chi connectivity index (χ0v) is 23.5. The molecule has 3 aromatic rings. The normalized spacial score (nSPS) is 12.0. The molecule has 0 fully saturated rings. The number of amides is 2. The number of hydrogen-bond acceptors (Lipinski definition) is 4. The van der Waals surface area contributed by atoms with E-state index in [1.165, 1.54) is 17.0 Å². The van der Waals surface area contributed by atoms with Crippen molar-refractivity contribution in [3.05, 3.63) is 95.0 Å². The van der Waals surface area contributed by atoms with Gasteiger partial charge in [0.2, 0.25) is 11.8 Å². The molecule has 38 heavy (non-hydrogen) atoms. The first-order valence-corrected chi connectivity index (χ1v) is 14.5. The fraction of sp³-hybridized carbons (Fsp3) is 0.310. The van der Waals surface area contributed by atoms with Crippen molar-refractivity contribution >= 4 is 39.1 Å². The summed E-state index contributed by atoms with van der Waals surface area (Å²) in [5, 5.41) is 3.34. The Labute approximate surface area is 230 Å². The van der Waals surface area contributed by atoms with E-state index < -0.39 is 28.5 Å². The van der Waals surface area contributed by atoms with Crippen LogP contribution >= 0.6 is 11.6 Å². The minimum absolute atomic E-state index is 0.0597. The first-order chi connectivity index (χ1) is 18.2. The first-order valence-electron chi connectivity index (χ1n) is 12.6. The molecule has 0 aliphatic rings. The molecule has 0 spiro atoms. The molecular weight excluding hydrogens is 522 g/mol. The van der Waals surface area contributed by atoms with Crippen molar-refractivity contribution in [1.82, 2.24) is 10.2 Å². The molecule has 0 radical (unpaired) electrons. The SMILES string of the molecule is CCCNC(=O)C(CC)N(Cc1ccccc1)C(=O)CN(c1ccc(Cl)cc1C)S(=O)(=O)c1ccccc1. The second-order valence-corrected chi connectivity index (χ2v) is 11.3. The van der Waals surface area contributed by atoms with E-state index in [1.54, 1.807) is 43.3 Å². The number of hydrogen-bond donors (Lipinski definition) is 1. The van der Waals surface area contributed by atoms with Gasteiger partial charge in [-0.15, -0.1) is 0 Å². The van der Waals surface area contributed by atoms with Gasteiger partial charge in [0, 0.05) is 18.1 Å². The molecule has 1 atom stereocenters. The lowest BCUT2D eigenvalue weighted by atomic mass is 10.1. The number of aryl methyl sites for hydroxylation is 1. The number of nitrogens with one attached hydrogen (secondary N) is 1. The highest BCUT2D eigenvalue weighted by atomic mass is 35.5. The quantitative estimate of drug-likeness (QED) is 0.334. The molecule has 202 valence electrons. The van der Waals surface area contributed by atoms with Gasteiger partial charge in [0.05, 0.1) is 10.6 Å². The molecule has 3 aromatic carbocycles. The minimum Gasteiger partial charge on any atom is -0.354 e. The fourth-order valence-electron chi connectivity index (χ4n) is 4.20. The van der Waals surface area contributed by atoms with Crippen LogP contribution in [0, 0.1) is 6.92 Å². The summed E-state index contributed by atoms with van der Waals surface area (Å²) in [6.45, 7) is 5.70. The van der Waals surface area contributed by atoms with Gasteiger partial charge in [-0.3, -0.25) is 13.9 Å². The van der Waals surface area contributed by atoms with Crippen LogP contribution in [0.5, 0.6) is 0 Å². The molecule has 1 N–H and O–H groups in total. The Hall–Kier alpha value is -3.36. The summed E-state index contributed by atoms with van der Waals surface area (Å²) < 4.78 is 28.8. The predicted octanol–water partition coefficient (Wildman–Crippen LogP) is 5.18. The smallest absolute Gasteiger partial charge is 0.264 e. The van der Waals surface area contributed by atoms with Crippen LogP contribution in [-0.4, -0.2) is 44.3 Å². The zero-order chi connectivity index (χ0) is 27.7. The van der Waals surface area contributed by atoms with Crippen LogP contribution < -0.4 is 9.62 Å². The molecule has 3 rings (SSSR count). The van der Waals surface area contributed by atoms with Crippen molar-refractivity contribution in [2.75, 3.05) is 17.4 Å². The van der Waals surface area contributed by atoms with Crippen molar-refractivity contribution < 1.29 is 18.0 Å². The molecule has 0 aromatic heterocycles. The molecular formula is C29H34ClN3O4S. The minimum atomic E-state index is -4.12. The number of benzene rings is 3. The van der Waals surface area contributed by atoms with Gasteiger partial charge >= 0.3 is 0 Å². The van der Waals surface area contributed by atoms with Crippen LogP contribution in [0.4, 0.5) is 5.69 Å². The van der Waals surface area contributed by atoms with Crippen molar-refractivity contribution in [3.63, 3.8) is 0 Å². The third kappa shape index (κ3) is 7.14. The fourth-order valence-corrected chi connectivity index (χ4v) is 5.92. The predicted molar refractivity (Wildman–Crippen MR) is 152 cm³/mol. The summed E-state index contributed by atoms with van der Waals surface area (Å²) in [5.74, 6) is -0.750. The number of carbonyl (C=O) groups excluding carboxylic acids is 2. The maximum atomic E-state index is 14.0. The van der Waals surface area contributed by atoms with Gasteiger partial charge < -0.3 is 10.2 Å². The van der Waals surface area contributed by atoms with E-state index in [0.717, 1.165) is 16.3 Å². The molecule has 2 amide bonds. The number of anilines is 1. The summed E-state index contributed by atoms with van der Waals surface area (Å²) >= 11 is 6.15. The Bertz CT molecular complexity index is 1330. The Kier molecular flexibility index (Phi) is 10.3. The molecule has 0 heterocycles. The van der Waals surface area contributed by atoms with E-state index in [0.29, 0.717) is 29.2 Å². The van der Waals surface area contributed by atoms with Crippen molar-refractivity contribution in [2.24, 2.45) is 0 Å². The van der Waals surface area contributed by atoms with Gasteiger partial charge in [-0.2, -0.15) is 0 Å². The molecule has 7 nitrogen and oxygen atoms in total. The van der Waals surface area contributed by atoms with Crippen LogP contribution in [0.2, 0.25) is 5.02 Å². The molecule has 0 aliphatic heterocycles. The first kappa shape index (κ1) is 29.2. The molecule has 0 aliphatic carbocycles. The van der Waals surface area contributed by atoms with Gasteiger partial charge in [0.1, 0.15) is 12.6 Å². The average Bonchev–Trinajstić information content (AvgIpc) is 2.91. The van der Waals surface area contributed by atoms with Crippen molar-refractivity contribution in [1.29, 1.82) is 0 Å². The maximum Gasteiger partial charge on any atom is 0.264 e. The number of rotatable bonds is 12. The standard InChI is InChI=1S/C29H34ClN3O4S/c1-4-18-31-29(35)26(5-2)32(20-23-12-8-6-9-13-23)28(34)21-33(27-17-16-24(30)19-22(27)3)38(36,37)25-14-10-7-11-15-25/h6-17,19,26H,4-5,18,20-21H2,1-3H3,(H,31,35). The average molecular weight is 556 g/mol. The Morgan fingerprint density at radius 2 is 1.58 bits per heavy atom. The second-order valence-electron chi connectivity index (χ2n) is 8.98. The summed E-state index contributed by atoms with van der Waals surface area (Å²) in [6.07, 6.45) is 1.13. The summed E-state index contributed by atoms with van der Waals surface area (Å²) in [6, 6.07) is 21.4. The molecule has 0 saturated carbocycles. The highest BCUT2D eigenvalue weighted by molar-refractivity contribution is 7.92. The van der Waals surface area contributed by atoms with E-state index in [1.807, 2.05) is 44.2 Å². The van der Waals surface area contributed by atoms with Gasteiger partial charge in [-0.25, -0.2) is 8.42 Å². The molecule has 1 unspecified atom stereocenters. The van der Waals surface area contributed by atoms with Crippen LogP contribution in [0.1, 0.15) is 37.8 Å². The third-order valence-electron chi connectivity index (χ3n) is 6.17. The second kappa shape index (κ2) is 13.4. The number of carbonyl (C=O) groups is 2. The van der Waals surface area contributed by atoms with Crippen LogP contribution in [0.3, 0.4) is 0 Å². The topological polar surface area (TPSA) is 86.8 Å². The van der Waals surface area contributed by atoms with E-state index >= 15 is 0 Å². The van der Waals surface area contributed by atoms with Gasteiger partial charge in [0.25, 0.3) is 10.0 Å². The molecule has 0 bridgehead atoms. The Morgan fingerprint density at radius 1 is 0.947 bits per heavy atom. The Balaban J connectivity index is 2.06. The lowest BCUT2D eigenvalue weighted by molar-refractivity contribution is -0.140. The van der Waals surface area contributed by atoms with E-state index in [2.05, 4.69) is 5.32 Å². The number of sulfonamides is 1. The van der Waals surface area contributed by atoms with Crippen LogP contribution in [0.15, 0.2) is 83.8 Å². The van der Waals surface area contributed by atoms with E-state index in [4.69, 9.17) is 11.6 Å². The summed E-state index contributed by atoms with van der Waals surface area (Å²) in [7, 11) is -4.12. The van der Waals surface area contributed by atoms with Gasteiger partial charge in [-0.05, 0) is 61.2 Å². The number of nitrogens with zero attached hydrogens (tertiary/aromatic N) is 2. The highest BCUT2D eigenvalue weighted by Gasteiger charge is 2.34. The van der Waals surface area contributed by atoms with E-state index in [-0.39, 0.29) is 17.3 Å². The zero-order valence-electron chi connectivity index (χ0n) is 21.9. The van der Waals surface area contributed by atoms with Crippen molar-refractivity contribution in [3.8, 4) is 0 Å². The summed E-state index contributed by atoms with van der Waals surface area (Å²) in [4.78, 5) is 28.6. The van der Waals surface area contributed by atoms with Crippen molar-refractivity contribution in [2.45, 2.75) is 51.1 Å². The maximum absolute atomic E-state index is 14.0. The van der Waals surface area contributed by atoms with Crippen LogP contribution in [-0.2, 0) is 26.2 Å². The largest absolute Gasteiger partial charge is 0.354 e. The number of halogens is 1. The monoisotopic (exact) mass is 555 g/mol. The van der Waals surface area contributed by atoms with Gasteiger partial charge in [-0.1, -0.05) is 74.0 Å². The molecule has 0 saturated heterocycles. The third-order valence-corrected chi connectivity index (χ3v) is 8.18. The highest BCUT2D eigenvalue weighted by Crippen LogP contribution is 2.29. The van der Waals surface area contributed by atoms with Gasteiger partial charge in [0.15, 0.2) is 0 Å². The lowest BCUT2D eigenvalue weighted by Gasteiger charge is -2.33. The summed E-state index contributed by atoms with van der Waals surface area (Å²) in [5.41, 5.74) is 1.78. The lowest BCUT2D eigenvalue weighted by Crippen LogP contribution is -2.52. The molecule has 9 heteroatoms. The Morgan fingerprint density at radius 3 is 2.16 bits per heavy atom. The van der Waals surface area contributed by atoms with Crippen LogP contribution in [0.25, 0.3) is 0 Å². The van der Waals surface area contributed by atoms with E-state index in [9.17, 15) is 18.0 Å².